The summed E-state index contributed by atoms with van der Waals surface area (Å²) >= 11 is 6.01. The summed E-state index contributed by atoms with van der Waals surface area (Å²) in [7, 11) is 0. The second-order valence-electron chi connectivity index (χ2n) is 12.5. The number of hydrogen-bond acceptors (Lipinski definition) is 5. The molecule has 6 rings (SSSR count). The molecule has 4 aliphatic heterocycles. The molecule has 6 atom stereocenters. The predicted octanol–water partition coefficient (Wildman–Crippen LogP) is 4.00. The highest BCUT2D eigenvalue weighted by Crippen LogP contribution is 2.55. The molecular weight excluding hydrogens is 528 g/mol. The van der Waals surface area contributed by atoms with Crippen molar-refractivity contribution in [2.45, 2.75) is 82.1 Å². The average Bonchev–Trinajstić information content (AvgIpc) is 3.58. The fourth-order valence-electron chi connectivity index (χ4n) is 7.75. The summed E-state index contributed by atoms with van der Waals surface area (Å²) in [5, 5.41) is 6.80. The lowest BCUT2D eigenvalue weighted by atomic mass is 9.74. The van der Waals surface area contributed by atoms with E-state index in [9.17, 15) is 14.4 Å². The van der Waals surface area contributed by atoms with E-state index < -0.39 is 29.6 Å². The number of carbonyl (C=O) groups is 3. The van der Waals surface area contributed by atoms with Gasteiger partial charge in [-0.25, -0.2) is 0 Å². The van der Waals surface area contributed by atoms with Gasteiger partial charge >= 0.3 is 0 Å². The standard InChI is InChI=1S/C31H41ClN4O4/c1-20-7-5-16-35(19-20)17-6-18-36-27(29(38)34-22-8-3-2-4-9-22)31-15-14-24(40-31)25(26(31)30(36)39)28(37)33-23-12-10-21(32)11-13-23/h10-15,20,22,24-27H,2-9,16-19H2,1H3,(H,33,37)(H,34,38)/t20?,24-,25?,26-,27?,31?/m0/s1. The van der Waals surface area contributed by atoms with Gasteiger partial charge in [0.25, 0.3) is 0 Å². The van der Waals surface area contributed by atoms with Crippen LogP contribution in [0, 0.1) is 17.8 Å². The van der Waals surface area contributed by atoms with Crippen molar-refractivity contribution >= 4 is 35.0 Å². The van der Waals surface area contributed by atoms with Crippen molar-refractivity contribution < 1.29 is 19.1 Å². The summed E-state index contributed by atoms with van der Waals surface area (Å²) in [5.41, 5.74) is -0.512. The molecule has 3 amide bonds. The smallest absolute Gasteiger partial charge is 0.246 e. The van der Waals surface area contributed by atoms with Gasteiger partial charge in [-0.15, -0.1) is 0 Å². The van der Waals surface area contributed by atoms with E-state index in [0.29, 0.717) is 23.2 Å². The molecule has 4 fully saturated rings. The fraction of sp³-hybridized carbons (Fsp3) is 0.645. The monoisotopic (exact) mass is 568 g/mol. The van der Waals surface area contributed by atoms with E-state index >= 15 is 0 Å². The molecule has 1 spiro atoms. The number of hydrogen-bond donors (Lipinski definition) is 2. The molecule has 1 aromatic rings. The molecule has 1 saturated carbocycles. The molecule has 2 bridgehead atoms. The number of ether oxygens (including phenoxy) is 1. The zero-order chi connectivity index (χ0) is 27.9. The van der Waals surface area contributed by atoms with Crippen molar-refractivity contribution in [2.75, 3.05) is 31.5 Å². The molecule has 216 valence electrons. The maximum absolute atomic E-state index is 14.1. The third-order valence-corrected chi connectivity index (χ3v) is 9.85. The maximum atomic E-state index is 14.1. The third-order valence-electron chi connectivity index (χ3n) is 9.60. The molecule has 0 aromatic heterocycles. The van der Waals surface area contributed by atoms with Gasteiger partial charge in [-0.1, -0.05) is 49.9 Å². The van der Waals surface area contributed by atoms with Gasteiger partial charge in [-0.05, 0) is 75.4 Å². The first kappa shape index (κ1) is 27.7. The number of halogens is 1. The van der Waals surface area contributed by atoms with Crippen LogP contribution in [0.15, 0.2) is 36.4 Å². The van der Waals surface area contributed by atoms with E-state index in [4.69, 9.17) is 16.3 Å². The summed E-state index contributed by atoms with van der Waals surface area (Å²) in [6, 6.07) is 6.26. The zero-order valence-electron chi connectivity index (χ0n) is 23.3. The molecule has 1 aliphatic carbocycles. The Morgan fingerprint density at radius 1 is 1.05 bits per heavy atom. The van der Waals surface area contributed by atoms with Crippen LogP contribution in [0.5, 0.6) is 0 Å². The maximum Gasteiger partial charge on any atom is 0.246 e. The van der Waals surface area contributed by atoms with Crippen molar-refractivity contribution in [3.05, 3.63) is 41.4 Å². The molecule has 4 unspecified atom stereocenters. The summed E-state index contributed by atoms with van der Waals surface area (Å²) in [5.74, 6) is -1.33. The number of amides is 3. The van der Waals surface area contributed by atoms with Gasteiger partial charge in [-0.3, -0.25) is 14.4 Å². The van der Waals surface area contributed by atoms with E-state index in [1.54, 1.807) is 29.2 Å². The third kappa shape index (κ3) is 5.19. The molecule has 3 saturated heterocycles. The summed E-state index contributed by atoms with van der Waals surface area (Å²) < 4.78 is 6.48. The Balaban J connectivity index is 1.23. The van der Waals surface area contributed by atoms with E-state index in [2.05, 4.69) is 22.5 Å². The van der Waals surface area contributed by atoms with Gasteiger partial charge in [0.1, 0.15) is 11.6 Å². The Morgan fingerprint density at radius 3 is 2.58 bits per heavy atom. The number of piperidine rings is 1. The number of benzene rings is 1. The first-order valence-corrected chi connectivity index (χ1v) is 15.5. The van der Waals surface area contributed by atoms with Gasteiger partial charge in [0, 0.05) is 29.8 Å². The second kappa shape index (κ2) is 11.5. The van der Waals surface area contributed by atoms with E-state index in [1.165, 1.54) is 19.3 Å². The van der Waals surface area contributed by atoms with Crippen LogP contribution in [-0.4, -0.2) is 77.5 Å². The number of rotatable bonds is 8. The number of nitrogens with one attached hydrogen (secondary N) is 2. The molecule has 2 N–H and O–H groups in total. The van der Waals surface area contributed by atoms with Gasteiger partial charge in [0.05, 0.1) is 17.9 Å². The summed E-state index contributed by atoms with van der Waals surface area (Å²) in [6.07, 6.45) is 11.8. The van der Waals surface area contributed by atoms with Crippen LogP contribution in [0.25, 0.3) is 0 Å². The summed E-state index contributed by atoms with van der Waals surface area (Å²) in [6.45, 7) is 5.81. The minimum Gasteiger partial charge on any atom is -0.359 e. The first-order chi connectivity index (χ1) is 19.4. The Hall–Kier alpha value is -2.42. The van der Waals surface area contributed by atoms with Crippen molar-refractivity contribution in [3.8, 4) is 0 Å². The highest BCUT2D eigenvalue weighted by Gasteiger charge is 2.72. The topological polar surface area (TPSA) is 91.0 Å². The number of carbonyl (C=O) groups excluding carboxylic acids is 3. The highest BCUT2D eigenvalue weighted by atomic mass is 35.5. The van der Waals surface area contributed by atoms with Crippen molar-refractivity contribution in [1.29, 1.82) is 0 Å². The van der Waals surface area contributed by atoms with Crippen LogP contribution in [0.4, 0.5) is 5.69 Å². The van der Waals surface area contributed by atoms with Crippen LogP contribution < -0.4 is 10.6 Å². The lowest BCUT2D eigenvalue weighted by molar-refractivity contribution is -0.141. The van der Waals surface area contributed by atoms with E-state index in [0.717, 1.165) is 51.7 Å². The number of fused-ring (bicyclic) bond motifs is 1. The normalized spacial score (nSPS) is 33.8. The van der Waals surface area contributed by atoms with Crippen LogP contribution in [0.1, 0.15) is 58.3 Å². The molecular formula is C31H41ClN4O4. The van der Waals surface area contributed by atoms with Crippen molar-refractivity contribution in [1.82, 2.24) is 15.1 Å². The highest BCUT2D eigenvalue weighted by molar-refractivity contribution is 6.30. The fourth-order valence-corrected chi connectivity index (χ4v) is 7.87. The summed E-state index contributed by atoms with van der Waals surface area (Å²) in [4.78, 5) is 45.9. The van der Waals surface area contributed by atoms with Crippen molar-refractivity contribution in [2.24, 2.45) is 17.8 Å². The van der Waals surface area contributed by atoms with Gasteiger partial charge in [-0.2, -0.15) is 0 Å². The quantitative estimate of drug-likeness (QED) is 0.463. The molecule has 4 heterocycles. The number of nitrogens with zero attached hydrogens (tertiary/aromatic N) is 2. The minimum absolute atomic E-state index is 0.120. The Kier molecular flexibility index (Phi) is 7.94. The van der Waals surface area contributed by atoms with Gasteiger partial charge < -0.3 is 25.2 Å². The Bertz CT molecular complexity index is 1150. The largest absolute Gasteiger partial charge is 0.359 e. The molecule has 5 aliphatic rings. The molecule has 8 nitrogen and oxygen atoms in total. The van der Waals surface area contributed by atoms with E-state index in [-0.39, 0.29) is 23.8 Å². The second-order valence-corrected chi connectivity index (χ2v) is 12.9. The SMILES string of the molecule is CC1CCCN(CCCN2C(=O)[C@@H]3C(C(=O)Nc4ccc(Cl)cc4)[C@@H]4C=CC3(O4)C2C(=O)NC2CCCCC2)C1. The predicted molar refractivity (Wildman–Crippen MR) is 154 cm³/mol. The molecule has 40 heavy (non-hydrogen) atoms. The van der Waals surface area contributed by atoms with E-state index in [1.807, 2.05) is 12.2 Å². The number of anilines is 1. The lowest BCUT2D eigenvalue weighted by Crippen LogP contribution is -2.56. The Labute approximate surface area is 241 Å². The number of likely N-dealkylation sites (tertiary alicyclic amines) is 2. The van der Waals surface area contributed by atoms with Crippen LogP contribution >= 0.6 is 11.6 Å². The zero-order valence-corrected chi connectivity index (χ0v) is 24.1. The minimum atomic E-state index is -1.12. The van der Waals surface area contributed by atoms with Crippen molar-refractivity contribution in [3.63, 3.8) is 0 Å². The first-order valence-electron chi connectivity index (χ1n) is 15.1. The van der Waals surface area contributed by atoms with Crippen LogP contribution in [0.2, 0.25) is 5.02 Å². The van der Waals surface area contributed by atoms with Crippen LogP contribution in [-0.2, 0) is 19.1 Å². The van der Waals surface area contributed by atoms with Gasteiger partial charge in [0.15, 0.2) is 0 Å². The molecule has 9 heteroatoms. The molecule has 1 aromatic carbocycles. The lowest BCUT2D eigenvalue weighted by Gasteiger charge is -2.35. The van der Waals surface area contributed by atoms with Gasteiger partial charge in [0.2, 0.25) is 17.7 Å². The van der Waals surface area contributed by atoms with Crippen LogP contribution in [0.3, 0.4) is 0 Å². The Morgan fingerprint density at radius 2 is 1.82 bits per heavy atom. The molecule has 0 radical (unpaired) electrons. The average molecular weight is 569 g/mol.